The van der Waals surface area contributed by atoms with Crippen molar-refractivity contribution in [2.45, 2.75) is 13.1 Å². The fourth-order valence-electron chi connectivity index (χ4n) is 3.99. The van der Waals surface area contributed by atoms with E-state index in [0.717, 1.165) is 32.7 Å². The Hall–Kier alpha value is -2.29. The molecule has 4 aromatic rings. The lowest BCUT2D eigenvalue weighted by Gasteiger charge is -2.12. The summed E-state index contributed by atoms with van der Waals surface area (Å²) in [5.74, 6) is -0.796. The molecule has 1 aliphatic heterocycles. The first-order valence-electron chi connectivity index (χ1n) is 10.6. The molecule has 0 bridgehead atoms. The van der Waals surface area contributed by atoms with Gasteiger partial charge in [-0.2, -0.15) is 0 Å². The van der Waals surface area contributed by atoms with Gasteiger partial charge in [-0.05, 0) is 65.9 Å². The molecule has 0 N–H and O–H groups in total. The third kappa shape index (κ3) is 4.95. The minimum Gasteiger partial charge on any atom is -0.342 e. The van der Waals surface area contributed by atoms with Crippen molar-refractivity contribution in [3.63, 3.8) is 0 Å². The van der Waals surface area contributed by atoms with Gasteiger partial charge in [0.1, 0.15) is 5.82 Å². The van der Waals surface area contributed by atoms with Gasteiger partial charge in [-0.3, -0.25) is 14.5 Å². The summed E-state index contributed by atoms with van der Waals surface area (Å²) < 4.78 is 17.2. The Kier molecular flexibility index (Phi) is 7.21. The van der Waals surface area contributed by atoms with Gasteiger partial charge >= 0.3 is 0 Å². The molecule has 0 spiro atoms. The van der Waals surface area contributed by atoms with Crippen LogP contribution in [-0.4, -0.2) is 20.6 Å². The third-order valence-electron chi connectivity index (χ3n) is 5.75. The van der Waals surface area contributed by atoms with Crippen LogP contribution in [0, 0.1) is 5.82 Å². The van der Waals surface area contributed by atoms with Gasteiger partial charge in [-0.1, -0.05) is 62.9 Å². The SMILES string of the molecule is O=C1S/C(=C\c2cn(Cc3c(F)cccc3Cl)c3ccc(Br)cc23)C(=O)N1Cc1ccc(Cl)c(Cl)c1. The van der Waals surface area contributed by atoms with Crippen molar-refractivity contribution in [3.05, 3.63) is 108 Å². The fourth-order valence-corrected chi connectivity index (χ4v) is 5.73. The number of amides is 2. The van der Waals surface area contributed by atoms with Crippen LogP contribution in [0.4, 0.5) is 9.18 Å². The number of halogens is 5. The quantitative estimate of drug-likeness (QED) is 0.209. The summed E-state index contributed by atoms with van der Waals surface area (Å²) in [5, 5.41) is 1.55. The van der Waals surface area contributed by atoms with E-state index in [9.17, 15) is 14.0 Å². The lowest BCUT2D eigenvalue weighted by Crippen LogP contribution is -2.27. The van der Waals surface area contributed by atoms with Gasteiger partial charge in [0.25, 0.3) is 11.1 Å². The summed E-state index contributed by atoms with van der Waals surface area (Å²) in [6, 6.07) is 15.3. The molecule has 1 fully saturated rings. The van der Waals surface area contributed by atoms with Crippen LogP contribution in [0.3, 0.4) is 0 Å². The molecule has 0 radical (unpaired) electrons. The zero-order chi connectivity index (χ0) is 25.6. The van der Waals surface area contributed by atoms with Gasteiger partial charge in [-0.15, -0.1) is 0 Å². The number of fused-ring (bicyclic) bond motifs is 1. The molecule has 1 aromatic heterocycles. The van der Waals surface area contributed by atoms with Gasteiger partial charge in [0.05, 0.1) is 28.0 Å². The van der Waals surface area contributed by atoms with Crippen LogP contribution in [0.25, 0.3) is 17.0 Å². The highest BCUT2D eigenvalue weighted by Gasteiger charge is 2.35. The van der Waals surface area contributed by atoms with Crippen LogP contribution in [-0.2, 0) is 17.9 Å². The summed E-state index contributed by atoms with van der Waals surface area (Å²) >= 11 is 22.7. The predicted molar refractivity (Wildman–Crippen MR) is 148 cm³/mol. The maximum absolute atomic E-state index is 14.5. The van der Waals surface area contributed by atoms with E-state index in [1.165, 1.54) is 11.0 Å². The highest BCUT2D eigenvalue weighted by Crippen LogP contribution is 2.36. The Balaban J connectivity index is 1.50. The molecule has 0 unspecified atom stereocenters. The molecule has 3 aromatic carbocycles. The number of aromatic nitrogens is 1. The van der Waals surface area contributed by atoms with E-state index in [0.29, 0.717) is 31.1 Å². The molecule has 1 saturated heterocycles. The monoisotopic (exact) mass is 622 g/mol. The van der Waals surface area contributed by atoms with E-state index in [2.05, 4.69) is 15.9 Å². The number of carbonyl (C=O) groups is 2. The average molecular weight is 625 g/mol. The van der Waals surface area contributed by atoms with Crippen LogP contribution < -0.4 is 0 Å². The number of hydrogen-bond donors (Lipinski definition) is 0. The molecule has 10 heteroatoms. The molecule has 36 heavy (non-hydrogen) atoms. The van der Waals surface area contributed by atoms with E-state index in [1.54, 1.807) is 36.4 Å². The maximum atomic E-state index is 14.5. The Morgan fingerprint density at radius 3 is 2.50 bits per heavy atom. The van der Waals surface area contributed by atoms with Gasteiger partial charge in [0.15, 0.2) is 0 Å². The second kappa shape index (κ2) is 10.2. The minimum absolute atomic E-state index is 0.0813. The lowest BCUT2D eigenvalue weighted by molar-refractivity contribution is -0.123. The first-order valence-corrected chi connectivity index (χ1v) is 13.4. The number of thioether (sulfide) groups is 1. The van der Waals surface area contributed by atoms with Gasteiger partial charge in [0.2, 0.25) is 0 Å². The summed E-state index contributed by atoms with van der Waals surface area (Å²) in [5.41, 5.74) is 2.61. The molecule has 5 rings (SSSR count). The topological polar surface area (TPSA) is 42.3 Å². The van der Waals surface area contributed by atoms with Gasteiger partial charge in [-0.25, -0.2) is 4.39 Å². The smallest absolute Gasteiger partial charge is 0.293 e. The van der Waals surface area contributed by atoms with E-state index < -0.39 is 11.7 Å². The van der Waals surface area contributed by atoms with Crippen LogP contribution in [0.2, 0.25) is 15.1 Å². The van der Waals surface area contributed by atoms with Crippen molar-refractivity contribution in [3.8, 4) is 0 Å². The molecule has 0 saturated carbocycles. The van der Waals surface area contributed by atoms with Crippen molar-refractivity contribution in [1.29, 1.82) is 0 Å². The molecule has 0 atom stereocenters. The fraction of sp³-hybridized carbons (Fsp3) is 0.0769. The largest absolute Gasteiger partial charge is 0.342 e. The van der Waals surface area contributed by atoms with Crippen molar-refractivity contribution in [2.75, 3.05) is 0 Å². The normalized spacial score (nSPS) is 15.0. The highest BCUT2D eigenvalue weighted by molar-refractivity contribution is 9.10. The lowest BCUT2D eigenvalue weighted by atomic mass is 10.1. The van der Waals surface area contributed by atoms with E-state index in [-0.39, 0.29) is 18.3 Å². The zero-order valence-electron chi connectivity index (χ0n) is 18.3. The van der Waals surface area contributed by atoms with E-state index in [1.807, 2.05) is 29.0 Å². The van der Waals surface area contributed by atoms with Gasteiger partial charge < -0.3 is 4.57 Å². The summed E-state index contributed by atoms with van der Waals surface area (Å²) in [6.45, 7) is 0.286. The van der Waals surface area contributed by atoms with Crippen LogP contribution in [0.5, 0.6) is 0 Å². The molecule has 2 heterocycles. The number of benzene rings is 3. The van der Waals surface area contributed by atoms with E-state index in [4.69, 9.17) is 34.8 Å². The number of hydrogen-bond acceptors (Lipinski definition) is 3. The van der Waals surface area contributed by atoms with Gasteiger partial charge in [0, 0.05) is 37.7 Å². The Labute approximate surface area is 233 Å². The Morgan fingerprint density at radius 1 is 0.944 bits per heavy atom. The maximum Gasteiger partial charge on any atom is 0.293 e. The molecule has 4 nitrogen and oxygen atoms in total. The molecule has 1 aliphatic rings. The van der Waals surface area contributed by atoms with Crippen LogP contribution in [0.15, 0.2) is 70.2 Å². The summed E-state index contributed by atoms with van der Waals surface area (Å²) in [4.78, 5) is 27.3. The standard InChI is InChI=1S/C26H15BrCl3FN2O2S/c27-16-5-7-23-17(10-16)15(12-32(23)13-18-19(28)2-1-3-22(18)31)9-24-25(34)33(26(35)36-24)11-14-4-6-20(29)21(30)8-14/h1-10,12H,11,13H2/b24-9-. The minimum atomic E-state index is -0.399. The van der Waals surface area contributed by atoms with E-state index >= 15 is 0 Å². The molecule has 182 valence electrons. The summed E-state index contributed by atoms with van der Waals surface area (Å²) in [7, 11) is 0. The second-order valence-corrected chi connectivity index (χ2v) is 11.2. The van der Waals surface area contributed by atoms with Crippen molar-refractivity contribution in [1.82, 2.24) is 9.47 Å². The number of carbonyl (C=O) groups excluding carboxylic acids is 2. The second-order valence-electron chi connectivity index (χ2n) is 8.09. The number of rotatable bonds is 5. The van der Waals surface area contributed by atoms with Crippen molar-refractivity contribution in [2.24, 2.45) is 0 Å². The van der Waals surface area contributed by atoms with Crippen LogP contribution in [0.1, 0.15) is 16.7 Å². The number of imide groups is 1. The number of nitrogens with zero attached hydrogens (tertiary/aromatic N) is 2. The molecular weight excluding hydrogens is 610 g/mol. The van der Waals surface area contributed by atoms with Crippen LogP contribution >= 0.6 is 62.5 Å². The van der Waals surface area contributed by atoms with Crippen molar-refractivity contribution < 1.29 is 14.0 Å². The Morgan fingerprint density at radius 2 is 1.75 bits per heavy atom. The average Bonchev–Trinajstić information content (AvgIpc) is 3.30. The zero-order valence-corrected chi connectivity index (χ0v) is 22.9. The first kappa shape index (κ1) is 25.4. The third-order valence-corrected chi connectivity index (χ3v) is 8.24. The van der Waals surface area contributed by atoms with Crippen molar-refractivity contribution >= 4 is 90.6 Å². The molecular formula is C26H15BrCl3FN2O2S. The highest BCUT2D eigenvalue weighted by atomic mass is 79.9. The first-order chi connectivity index (χ1) is 17.2. The Bertz CT molecular complexity index is 1570. The predicted octanol–water partition coefficient (Wildman–Crippen LogP) is 8.79. The summed E-state index contributed by atoms with van der Waals surface area (Å²) in [6.07, 6.45) is 3.51. The molecule has 0 aliphatic carbocycles. The molecule has 2 amide bonds.